The van der Waals surface area contributed by atoms with E-state index >= 15 is 35.1 Å². The average Bonchev–Trinajstić information content (AvgIpc) is 3.28. The van der Waals surface area contributed by atoms with Gasteiger partial charge in [-0.25, -0.2) is 97.6 Å². The van der Waals surface area contributed by atoms with Crippen molar-refractivity contribution in [1.29, 1.82) is 0 Å². The van der Waals surface area contributed by atoms with Gasteiger partial charge in [0.05, 0.1) is 6.20 Å². The second-order valence-electron chi connectivity index (χ2n) is 13.0. The van der Waals surface area contributed by atoms with Crippen molar-refractivity contribution in [3.63, 3.8) is 0 Å². The molecule has 354 valence electrons. The topological polar surface area (TPSA) is 60.1 Å². The van der Waals surface area contributed by atoms with Crippen LogP contribution in [0.15, 0.2) is 48.9 Å². The van der Waals surface area contributed by atoms with E-state index in [0.29, 0.717) is 5.56 Å². The number of ether oxygens (including phenoxy) is 1. The van der Waals surface area contributed by atoms with Gasteiger partial charge >= 0.3 is 9.95 Å². The fourth-order valence-electron chi connectivity index (χ4n) is 6.55. The summed E-state index contributed by atoms with van der Waals surface area (Å²) in [4.78, 5) is 27.7. The monoisotopic (exact) mass is 1040 g/mol. The van der Waals surface area contributed by atoms with Gasteiger partial charge in [-0.15, -0.1) is 21.9 Å². The maximum absolute atomic E-state index is 15.4. The molecule has 0 aliphatic heterocycles. The van der Waals surface area contributed by atoms with Gasteiger partial charge in [-0.2, -0.15) is 4.57 Å². The molecule has 5 aromatic carbocycles. The Labute approximate surface area is 372 Å². The largest absolute Gasteiger partial charge is 0.410 e. The zero-order valence-electron chi connectivity index (χ0n) is 31.2. The molecule has 0 radical (unpaired) electrons. The molecule has 0 saturated heterocycles. The van der Waals surface area contributed by atoms with Gasteiger partial charge in [-0.1, -0.05) is 30.3 Å². The zero-order valence-corrected chi connectivity index (χ0v) is 33.5. The Bertz CT molecular complexity index is 2640. The van der Waals surface area contributed by atoms with Gasteiger partial charge in [0.25, 0.3) is 0 Å². The highest BCUT2D eigenvalue weighted by Crippen LogP contribution is 2.31. The lowest BCUT2D eigenvalue weighted by Gasteiger charge is -2.44. The van der Waals surface area contributed by atoms with Crippen LogP contribution < -0.4 is 26.4 Å². The Morgan fingerprint density at radius 2 is 0.761 bits per heavy atom. The fourth-order valence-corrected chi connectivity index (χ4v) is 6.76. The summed E-state index contributed by atoms with van der Waals surface area (Å²) in [6.45, 7) is 0.0422. The first kappa shape index (κ1) is 51.8. The number of nitrogens with zero attached hydrogens (tertiary/aromatic N) is 2. The zero-order chi connectivity index (χ0) is 50.5. The summed E-state index contributed by atoms with van der Waals surface area (Å²) in [5.74, 6) is -72.4. The lowest BCUT2D eigenvalue weighted by molar-refractivity contribution is -0.683. The standard InChI is InChI=1S/C24BF20.C14H10Cl3N2O3/c26-5-1(6(27)14(35)21(42)13(5)34)25(2-7(28)15(36)22(43)16(37)8(2)29,3-9(30)17(38)23(44)18(39)10(3)31)4-11(32)19(40)24(45)20(41)12(4)33;15-14(16,17)22-13(21)11-8-19(7-6-18-11)9-12(20)10-4-2-1-3-5-10/h;1-8H,9H2/q-1;+1. The minimum Gasteiger partial charge on any atom is -0.410 e. The molecule has 0 amide bonds. The normalized spacial score (nSPS) is 11.7. The van der Waals surface area contributed by atoms with Crippen molar-refractivity contribution in [2.75, 3.05) is 0 Å². The summed E-state index contributed by atoms with van der Waals surface area (Å²) in [6.07, 6.45) is -2.97. The van der Waals surface area contributed by atoms with Crippen LogP contribution in [0, 0.1) is 116 Å². The van der Waals surface area contributed by atoms with E-state index in [1.165, 1.54) is 17.0 Å². The molecule has 0 unspecified atom stereocenters. The Balaban J connectivity index is 0.000000319. The number of hydrogen-bond acceptors (Lipinski definition) is 4. The number of halogens is 23. The lowest BCUT2D eigenvalue weighted by Crippen LogP contribution is -2.81. The molecule has 0 spiro atoms. The number of carbonyl (C=O) groups excluding carboxylic acids is 2. The van der Waals surface area contributed by atoms with Crippen molar-refractivity contribution in [1.82, 2.24) is 4.98 Å². The molecule has 0 fully saturated rings. The first-order chi connectivity index (χ1) is 31.1. The minimum atomic E-state index is -7.22. The van der Waals surface area contributed by atoms with Crippen molar-refractivity contribution in [3.05, 3.63) is 177 Å². The number of alkyl halides is 3. The Kier molecular flexibility index (Phi) is 14.9. The Morgan fingerprint density at radius 3 is 1.04 bits per heavy atom. The van der Waals surface area contributed by atoms with Crippen LogP contribution in [0.3, 0.4) is 0 Å². The smallest absolute Gasteiger partial charge is 0.366 e. The predicted molar refractivity (Wildman–Crippen MR) is 190 cm³/mol. The van der Waals surface area contributed by atoms with E-state index in [9.17, 15) is 62.3 Å². The van der Waals surface area contributed by atoms with E-state index in [1.807, 2.05) is 6.07 Å². The maximum Gasteiger partial charge on any atom is 0.366 e. The summed E-state index contributed by atoms with van der Waals surface area (Å²) in [6, 6.07) is 8.79. The number of benzene rings is 5. The van der Waals surface area contributed by atoms with Gasteiger partial charge in [0.2, 0.25) is 24.2 Å². The van der Waals surface area contributed by atoms with E-state index in [0.717, 1.165) is 0 Å². The molecule has 67 heavy (non-hydrogen) atoms. The third kappa shape index (κ3) is 9.04. The molecule has 1 aromatic heterocycles. The number of ketones is 1. The van der Waals surface area contributed by atoms with Crippen molar-refractivity contribution in [2.45, 2.75) is 10.5 Å². The summed E-state index contributed by atoms with van der Waals surface area (Å²) >= 11 is 16.1. The molecule has 0 saturated carbocycles. The number of Topliss-reactive ketones (excluding diaryl/α,β-unsaturated/α-hetero) is 1. The molecule has 0 aliphatic carbocycles. The van der Waals surface area contributed by atoms with Crippen LogP contribution >= 0.6 is 34.8 Å². The first-order valence-electron chi connectivity index (χ1n) is 17.0. The van der Waals surface area contributed by atoms with Crippen LogP contribution in [-0.4, -0.2) is 26.9 Å². The highest BCUT2D eigenvalue weighted by atomic mass is 35.6. The van der Waals surface area contributed by atoms with E-state index in [4.69, 9.17) is 34.8 Å². The number of esters is 1. The average molecular weight is 1040 g/mol. The summed E-state index contributed by atoms with van der Waals surface area (Å²) < 4.78 is 298. The molecule has 6 aromatic rings. The first-order valence-corrected chi connectivity index (χ1v) is 18.2. The summed E-state index contributed by atoms with van der Waals surface area (Å²) in [5.41, 5.74) is -13.8. The van der Waals surface area contributed by atoms with Gasteiger partial charge in [0.1, 0.15) is 52.7 Å². The van der Waals surface area contributed by atoms with Gasteiger partial charge in [0.15, 0.2) is 76.0 Å². The van der Waals surface area contributed by atoms with Crippen LogP contribution in [0.5, 0.6) is 0 Å². The molecule has 0 aliphatic rings. The van der Waals surface area contributed by atoms with Gasteiger partial charge < -0.3 is 4.74 Å². The molecule has 0 bridgehead atoms. The van der Waals surface area contributed by atoms with Gasteiger partial charge in [-0.05, 0) is 34.8 Å². The Hall–Kier alpha value is -6.15. The van der Waals surface area contributed by atoms with Crippen molar-refractivity contribution < 1.29 is 107 Å². The fraction of sp³-hybridized carbons (Fsp3) is 0.0526. The van der Waals surface area contributed by atoms with Crippen molar-refractivity contribution in [2.24, 2.45) is 0 Å². The number of hydrogen-bond donors (Lipinski definition) is 0. The lowest BCUT2D eigenvalue weighted by atomic mass is 9.12. The highest BCUT2D eigenvalue weighted by molar-refractivity contribution is 7.20. The van der Waals surface area contributed by atoms with Crippen LogP contribution in [0.25, 0.3) is 0 Å². The van der Waals surface area contributed by atoms with E-state index < -0.39 is 154 Å². The van der Waals surface area contributed by atoms with Gasteiger partial charge in [-0.3, -0.25) is 4.79 Å². The second kappa shape index (κ2) is 19.2. The van der Waals surface area contributed by atoms with E-state index in [1.54, 1.807) is 30.5 Å². The molecule has 6 rings (SSSR count). The number of rotatable bonds is 8. The predicted octanol–water partition coefficient (Wildman–Crippen LogP) is 8.58. The highest BCUT2D eigenvalue weighted by Gasteiger charge is 2.52. The molecule has 1 heterocycles. The third-order valence-corrected chi connectivity index (χ3v) is 9.54. The second-order valence-corrected chi connectivity index (χ2v) is 15.2. The van der Waals surface area contributed by atoms with Gasteiger partial charge in [0, 0.05) is 5.56 Å². The van der Waals surface area contributed by atoms with E-state index in [-0.39, 0.29) is 18.0 Å². The van der Waals surface area contributed by atoms with E-state index in [2.05, 4.69) is 9.72 Å². The maximum atomic E-state index is 15.4. The number of aromatic nitrogens is 2. The third-order valence-electron chi connectivity index (χ3n) is 9.31. The quantitative estimate of drug-likeness (QED) is 0.0224. The molecular formula is C38H10BCl3F20N2O3. The molecule has 29 heteroatoms. The molecule has 5 nitrogen and oxygen atoms in total. The molecule has 0 N–H and O–H groups in total. The summed E-state index contributed by atoms with van der Waals surface area (Å²) in [5, 5.41) is 0. The van der Waals surface area contributed by atoms with Crippen molar-refractivity contribution in [3.8, 4) is 0 Å². The summed E-state index contributed by atoms with van der Waals surface area (Å²) in [7, 11) is 0. The van der Waals surface area contributed by atoms with Crippen LogP contribution in [0.4, 0.5) is 87.8 Å². The van der Waals surface area contributed by atoms with Crippen molar-refractivity contribution >= 4 is 74.6 Å². The minimum absolute atomic E-state index is 0.0422. The Morgan fingerprint density at radius 1 is 0.478 bits per heavy atom. The molecule has 0 atom stereocenters. The SMILES string of the molecule is Fc1c(F)c(F)c([B-](c2c(F)c(F)c(F)c(F)c2F)(c2c(F)c(F)c(F)c(F)c2F)c2c(F)c(F)c(F)c(F)c2F)c(F)c1F.O=C(C[n+]1ccnc(C(=O)OC(Cl)(Cl)Cl)c1)c1ccccc1. The van der Waals surface area contributed by atoms with Crippen LogP contribution in [-0.2, 0) is 11.3 Å². The van der Waals surface area contributed by atoms with Crippen LogP contribution in [0.2, 0.25) is 0 Å². The molecular weight excluding hydrogens is 1030 g/mol. The van der Waals surface area contributed by atoms with Crippen LogP contribution in [0.1, 0.15) is 20.8 Å². The number of carbonyl (C=O) groups is 2.